The molecule has 0 amide bonds. The van der Waals surface area contributed by atoms with E-state index < -0.39 is 0 Å². The van der Waals surface area contributed by atoms with Crippen LogP contribution >= 0.6 is 0 Å². The van der Waals surface area contributed by atoms with Crippen LogP contribution in [0, 0.1) is 0 Å². The molecule has 1 aliphatic heterocycles. The molecule has 3 rings (SSSR count). The van der Waals surface area contributed by atoms with E-state index in [2.05, 4.69) is 53.2 Å². The van der Waals surface area contributed by atoms with Crippen molar-refractivity contribution in [3.63, 3.8) is 0 Å². The lowest BCUT2D eigenvalue weighted by atomic mass is 9.99. The Hall–Kier alpha value is -1.63. The minimum absolute atomic E-state index is 1.02. The van der Waals surface area contributed by atoms with Gasteiger partial charge in [-0.3, -0.25) is 0 Å². The molecular weight excluding hydrogens is 170 g/mol. The number of fused-ring (bicyclic) bond motifs is 2. The quantitative estimate of drug-likeness (QED) is 0.468. The summed E-state index contributed by atoms with van der Waals surface area (Å²) in [7, 11) is 0. The second-order valence-corrected chi connectivity index (χ2v) is 3.77. The molecule has 0 spiro atoms. The highest BCUT2D eigenvalue weighted by Crippen LogP contribution is 2.16. The van der Waals surface area contributed by atoms with E-state index >= 15 is 0 Å². The molecule has 1 aromatic carbocycles. The summed E-state index contributed by atoms with van der Waals surface area (Å²) in [5, 5.41) is 0. The summed E-state index contributed by atoms with van der Waals surface area (Å²) in [6.45, 7) is 1.02. The average Bonchev–Trinajstić information content (AvgIpc) is 2.26. The molecule has 0 N–H and O–H groups in total. The lowest BCUT2D eigenvalue weighted by Gasteiger charge is -2.13. The van der Waals surface area contributed by atoms with E-state index in [0.717, 1.165) is 13.0 Å². The molecule has 1 heteroatoms. The van der Waals surface area contributed by atoms with Crippen LogP contribution in [-0.2, 0) is 13.0 Å². The smallest absolute Gasteiger partial charge is 0.186 e. The van der Waals surface area contributed by atoms with Crippen molar-refractivity contribution in [1.82, 2.24) is 0 Å². The van der Waals surface area contributed by atoms with Crippen molar-refractivity contribution in [1.29, 1.82) is 0 Å². The molecule has 14 heavy (non-hydrogen) atoms. The fourth-order valence-corrected chi connectivity index (χ4v) is 2.09. The molecule has 0 atom stereocenters. The number of aromatic nitrogens is 1. The van der Waals surface area contributed by atoms with Crippen LogP contribution in [0.3, 0.4) is 0 Å². The van der Waals surface area contributed by atoms with Gasteiger partial charge in [-0.25, -0.2) is 0 Å². The number of hydrogen-bond donors (Lipinski definition) is 0. The number of rotatable bonds is 0. The van der Waals surface area contributed by atoms with Gasteiger partial charge in [0.25, 0.3) is 0 Å². The third-order valence-corrected chi connectivity index (χ3v) is 2.87. The van der Waals surface area contributed by atoms with E-state index in [1.807, 2.05) is 0 Å². The molecule has 0 aliphatic carbocycles. The highest BCUT2D eigenvalue weighted by Gasteiger charge is 2.19. The summed E-state index contributed by atoms with van der Waals surface area (Å²) in [6, 6.07) is 15.1. The standard InChI is InChI=1S/C13H12N/c1-2-6-12-10-14-8-4-3-7-13(14)9-11(12)5-1/h1-8H,9-10H2/q+1. The fraction of sp³-hybridized carbons (Fsp3) is 0.154. The maximum Gasteiger partial charge on any atom is 0.186 e. The molecule has 0 saturated carbocycles. The third-order valence-electron chi connectivity index (χ3n) is 2.87. The van der Waals surface area contributed by atoms with Gasteiger partial charge in [-0.1, -0.05) is 30.3 Å². The predicted octanol–water partition coefficient (Wildman–Crippen LogP) is 1.93. The first-order chi connectivity index (χ1) is 6.93. The van der Waals surface area contributed by atoms with Gasteiger partial charge in [0.15, 0.2) is 18.4 Å². The second kappa shape index (κ2) is 2.95. The van der Waals surface area contributed by atoms with Crippen LogP contribution in [0.15, 0.2) is 48.7 Å². The molecule has 0 unspecified atom stereocenters. The summed E-state index contributed by atoms with van der Waals surface area (Å²) in [5.74, 6) is 0. The molecule has 68 valence electrons. The molecule has 0 fully saturated rings. The summed E-state index contributed by atoms with van der Waals surface area (Å²) >= 11 is 0. The number of hydrogen-bond acceptors (Lipinski definition) is 0. The summed E-state index contributed by atoms with van der Waals surface area (Å²) < 4.78 is 2.32. The maximum atomic E-state index is 2.32. The van der Waals surface area contributed by atoms with Gasteiger partial charge in [-0.15, -0.1) is 0 Å². The Labute approximate surface area is 83.6 Å². The summed E-state index contributed by atoms with van der Waals surface area (Å²) in [5.41, 5.74) is 4.33. The highest BCUT2D eigenvalue weighted by atomic mass is 15.0. The van der Waals surface area contributed by atoms with Crippen LogP contribution in [0.5, 0.6) is 0 Å². The van der Waals surface area contributed by atoms with E-state index in [1.165, 1.54) is 16.8 Å². The highest BCUT2D eigenvalue weighted by molar-refractivity contribution is 5.30. The molecule has 1 aromatic heterocycles. The topological polar surface area (TPSA) is 3.88 Å². The van der Waals surface area contributed by atoms with Crippen LogP contribution in [0.2, 0.25) is 0 Å². The number of nitrogens with zero attached hydrogens (tertiary/aromatic N) is 1. The average molecular weight is 182 g/mol. The van der Waals surface area contributed by atoms with E-state index in [4.69, 9.17) is 0 Å². The molecule has 0 saturated heterocycles. The van der Waals surface area contributed by atoms with Gasteiger partial charge in [-0.2, -0.15) is 4.57 Å². The first kappa shape index (κ1) is 7.74. The lowest BCUT2D eigenvalue weighted by molar-refractivity contribution is -0.697. The van der Waals surface area contributed by atoms with E-state index in [9.17, 15) is 0 Å². The summed E-state index contributed by atoms with van der Waals surface area (Å²) in [6.07, 6.45) is 3.22. The third kappa shape index (κ3) is 1.13. The van der Waals surface area contributed by atoms with Crippen molar-refractivity contribution >= 4 is 0 Å². The largest absolute Gasteiger partial charge is 0.198 e. The minimum atomic E-state index is 1.02. The van der Waals surface area contributed by atoms with Crippen LogP contribution in [0.25, 0.3) is 0 Å². The molecule has 1 nitrogen and oxygen atoms in total. The Morgan fingerprint density at radius 1 is 0.857 bits per heavy atom. The Morgan fingerprint density at radius 3 is 2.57 bits per heavy atom. The van der Waals surface area contributed by atoms with Gasteiger partial charge in [0.1, 0.15) is 0 Å². The Morgan fingerprint density at radius 2 is 1.64 bits per heavy atom. The zero-order valence-corrected chi connectivity index (χ0v) is 7.98. The SMILES string of the molecule is c1ccc2c(c1)Cc1cccc[n+]1C2. The Kier molecular flexibility index (Phi) is 1.63. The molecular formula is C13H12N+. The minimum Gasteiger partial charge on any atom is -0.198 e. The van der Waals surface area contributed by atoms with Gasteiger partial charge < -0.3 is 0 Å². The maximum absolute atomic E-state index is 2.32. The van der Waals surface area contributed by atoms with Crippen molar-refractivity contribution in [3.8, 4) is 0 Å². The lowest BCUT2D eigenvalue weighted by Crippen LogP contribution is -2.41. The molecule has 2 heterocycles. The predicted molar refractivity (Wildman–Crippen MR) is 55.0 cm³/mol. The van der Waals surface area contributed by atoms with E-state index in [1.54, 1.807) is 0 Å². The zero-order chi connectivity index (χ0) is 9.38. The molecule has 1 aliphatic rings. The normalized spacial score (nSPS) is 13.1. The van der Waals surface area contributed by atoms with Gasteiger partial charge in [0.2, 0.25) is 0 Å². The van der Waals surface area contributed by atoms with Crippen molar-refractivity contribution in [2.45, 2.75) is 13.0 Å². The van der Waals surface area contributed by atoms with Gasteiger partial charge in [-0.05, 0) is 5.56 Å². The van der Waals surface area contributed by atoms with Gasteiger partial charge >= 0.3 is 0 Å². The molecule has 0 radical (unpaired) electrons. The van der Waals surface area contributed by atoms with Crippen molar-refractivity contribution in [2.75, 3.05) is 0 Å². The van der Waals surface area contributed by atoms with Crippen LogP contribution in [0.4, 0.5) is 0 Å². The van der Waals surface area contributed by atoms with Crippen molar-refractivity contribution in [3.05, 3.63) is 65.5 Å². The number of pyridine rings is 1. The van der Waals surface area contributed by atoms with Crippen LogP contribution in [0.1, 0.15) is 16.8 Å². The van der Waals surface area contributed by atoms with Crippen molar-refractivity contribution < 1.29 is 4.57 Å². The number of benzene rings is 1. The van der Waals surface area contributed by atoms with Gasteiger partial charge in [0, 0.05) is 17.7 Å². The molecule has 0 bridgehead atoms. The summed E-state index contributed by atoms with van der Waals surface area (Å²) in [4.78, 5) is 0. The second-order valence-electron chi connectivity index (χ2n) is 3.77. The monoisotopic (exact) mass is 182 g/mol. The first-order valence-corrected chi connectivity index (χ1v) is 4.97. The molecule has 2 aromatic rings. The Balaban J connectivity index is 2.12. The van der Waals surface area contributed by atoms with Crippen LogP contribution < -0.4 is 4.57 Å². The van der Waals surface area contributed by atoms with E-state index in [-0.39, 0.29) is 0 Å². The van der Waals surface area contributed by atoms with Gasteiger partial charge in [0.05, 0.1) is 6.42 Å². The Bertz CT molecular complexity index is 387. The first-order valence-electron chi connectivity index (χ1n) is 4.97. The van der Waals surface area contributed by atoms with Crippen LogP contribution in [-0.4, -0.2) is 0 Å². The van der Waals surface area contributed by atoms with Crippen molar-refractivity contribution in [2.24, 2.45) is 0 Å². The zero-order valence-electron chi connectivity index (χ0n) is 7.98. The fourth-order valence-electron chi connectivity index (χ4n) is 2.09. The van der Waals surface area contributed by atoms with E-state index in [0.29, 0.717) is 0 Å².